The Bertz CT molecular complexity index is 421. The fraction of sp³-hybridized carbons (Fsp3) is 0.625. The first-order valence-electron chi connectivity index (χ1n) is 7.47. The Labute approximate surface area is 127 Å². The molecule has 0 aliphatic heterocycles. The highest BCUT2D eigenvalue weighted by Gasteiger charge is 2.24. The lowest BCUT2D eigenvalue weighted by molar-refractivity contribution is 0.199. The van der Waals surface area contributed by atoms with Crippen molar-refractivity contribution in [2.75, 3.05) is 38.3 Å². The Balaban J connectivity index is 1.92. The fourth-order valence-corrected chi connectivity index (χ4v) is 2.54. The van der Waals surface area contributed by atoms with Crippen molar-refractivity contribution >= 4 is 17.3 Å². The first-order chi connectivity index (χ1) is 9.74. The normalized spacial score (nSPS) is 14.6. The van der Waals surface area contributed by atoms with E-state index in [2.05, 4.69) is 35.3 Å². The van der Waals surface area contributed by atoms with Crippen molar-refractivity contribution in [2.24, 2.45) is 5.92 Å². The fourth-order valence-electron chi connectivity index (χ4n) is 2.30. The van der Waals surface area contributed by atoms with E-state index >= 15 is 0 Å². The molecule has 0 amide bonds. The highest BCUT2D eigenvalue weighted by molar-refractivity contribution is 6.31. The number of hydrogen-bond donors (Lipinski definition) is 1. The SMILES string of the molecule is CCN(CC1CC1)c1ccc(CNCCOC)c(Cl)c1. The smallest absolute Gasteiger partial charge is 0.0587 e. The summed E-state index contributed by atoms with van der Waals surface area (Å²) < 4.78 is 5.02. The number of benzene rings is 1. The summed E-state index contributed by atoms with van der Waals surface area (Å²) in [5, 5.41) is 4.17. The van der Waals surface area contributed by atoms with Crippen LogP contribution >= 0.6 is 11.6 Å². The summed E-state index contributed by atoms with van der Waals surface area (Å²) in [5.74, 6) is 0.893. The predicted octanol–water partition coefficient (Wildman–Crippen LogP) is 3.31. The Morgan fingerprint density at radius 2 is 2.20 bits per heavy atom. The second kappa shape index (κ2) is 7.87. The van der Waals surface area contributed by atoms with Gasteiger partial charge in [-0.25, -0.2) is 0 Å². The van der Waals surface area contributed by atoms with Gasteiger partial charge in [-0.1, -0.05) is 17.7 Å². The third-order valence-electron chi connectivity index (χ3n) is 3.76. The Hall–Kier alpha value is -0.770. The predicted molar refractivity (Wildman–Crippen MR) is 85.6 cm³/mol. The Kier molecular flexibility index (Phi) is 6.14. The molecule has 2 rings (SSSR count). The maximum atomic E-state index is 6.40. The second-order valence-corrected chi connectivity index (χ2v) is 5.83. The van der Waals surface area contributed by atoms with Crippen molar-refractivity contribution in [3.05, 3.63) is 28.8 Å². The molecule has 1 fully saturated rings. The molecule has 0 unspecified atom stereocenters. The van der Waals surface area contributed by atoms with Gasteiger partial charge in [0.1, 0.15) is 0 Å². The van der Waals surface area contributed by atoms with E-state index < -0.39 is 0 Å². The molecule has 20 heavy (non-hydrogen) atoms. The monoisotopic (exact) mass is 296 g/mol. The lowest BCUT2D eigenvalue weighted by atomic mass is 10.2. The topological polar surface area (TPSA) is 24.5 Å². The zero-order valence-electron chi connectivity index (χ0n) is 12.5. The maximum Gasteiger partial charge on any atom is 0.0587 e. The molecule has 0 radical (unpaired) electrons. The third-order valence-corrected chi connectivity index (χ3v) is 4.11. The third kappa shape index (κ3) is 4.65. The first kappa shape index (κ1) is 15.6. The number of ether oxygens (including phenoxy) is 1. The molecule has 0 saturated heterocycles. The molecule has 1 aromatic carbocycles. The summed E-state index contributed by atoms with van der Waals surface area (Å²) in [7, 11) is 1.71. The van der Waals surface area contributed by atoms with Crippen molar-refractivity contribution in [2.45, 2.75) is 26.3 Å². The zero-order chi connectivity index (χ0) is 14.4. The van der Waals surface area contributed by atoms with Crippen molar-refractivity contribution in [1.82, 2.24) is 5.32 Å². The van der Waals surface area contributed by atoms with Gasteiger partial charge in [0.2, 0.25) is 0 Å². The average molecular weight is 297 g/mol. The van der Waals surface area contributed by atoms with E-state index in [0.29, 0.717) is 0 Å². The minimum atomic E-state index is 0.723. The molecule has 0 spiro atoms. The molecular formula is C16H25ClN2O. The molecule has 1 N–H and O–H groups in total. The number of nitrogens with one attached hydrogen (secondary N) is 1. The van der Waals surface area contributed by atoms with Crippen molar-refractivity contribution in [3.8, 4) is 0 Å². The number of nitrogens with zero attached hydrogens (tertiary/aromatic N) is 1. The van der Waals surface area contributed by atoms with Crippen LogP contribution in [0.4, 0.5) is 5.69 Å². The van der Waals surface area contributed by atoms with Gasteiger partial charge in [-0.05, 0) is 43.4 Å². The first-order valence-corrected chi connectivity index (χ1v) is 7.85. The molecule has 0 heterocycles. The summed E-state index contributed by atoms with van der Waals surface area (Å²) in [4.78, 5) is 2.42. The van der Waals surface area contributed by atoms with Gasteiger partial charge in [-0.15, -0.1) is 0 Å². The minimum absolute atomic E-state index is 0.723. The minimum Gasteiger partial charge on any atom is -0.383 e. The van der Waals surface area contributed by atoms with Gasteiger partial charge < -0.3 is 15.0 Å². The van der Waals surface area contributed by atoms with Crippen LogP contribution in [0.2, 0.25) is 5.02 Å². The van der Waals surface area contributed by atoms with Crippen LogP contribution in [-0.2, 0) is 11.3 Å². The molecule has 112 valence electrons. The average Bonchev–Trinajstić information content (AvgIpc) is 3.26. The highest BCUT2D eigenvalue weighted by Crippen LogP contribution is 2.32. The van der Waals surface area contributed by atoms with Crippen LogP contribution in [0.15, 0.2) is 18.2 Å². The van der Waals surface area contributed by atoms with Gasteiger partial charge in [0.15, 0.2) is 0 Å². The van der Waals surface area contributed by atoms with E-state index in [1.54, 1.807) is 7.11 Å². The van der Waals surface area contributed by atoms with E-state index in [-0.39, 0.29) is 0 Å². The molecule has 4 heteroatoms. The van der Waals surface area contributed by atoms with Gasteiger partial charge >= 0.3 is 0 Å². The molecule has 1 aliphatic rings. The lowest BCUT2D eigenvalue weighted by Crippen LogP contribution is -2.25. The molecule has 1 saturated carbocycles. The van der Waals surface area contributed by atoms with E-state index in [1.807, 2.05) is 0 Å². The van der Waals surface area contributed by atoms with Crippen molar-refractivity contribution < 1.29 is 4.74 Å². The van der Waals surface area contributed by atoms with E-state index in [1.165, 1.54) is 18.5 Å². The lowest BCUT2D eigenvalue weighted by Gasteiger charge is -2.23. The quantitative estimate of drug-likeness (QED) is 0.708. The Morgan fingerprint density at radius 3 is 2.80 bits per heavy atom. The molecule has 0 bridgehead atoms. The molecule has 3 nitrogen and oxygen atoms in total. The second-order valence-electron chi connectivity index (χ2n) is 5.43. The van der Waals surface area contributed by atoms with Crippen LogP contribution in [-0.4, -0.2) is 33.4 Å². The van der Waals surface area contributed by atoms with E-state index in [9.17, 15) is 0 Å². The van der Waals surface area contributed by atoms with Gasteiger partial charge in [-0.3, -0.25) is 0 Å². The van der Waals surface area contributed by atoms with Gasteiger partial charge in [0.05, 0.1) is 6.61 Å². The van der Waals surface area contributed by atoms with Gasteiger partial charge in [0.25, 0.3) is 0 Å². The largest absolute Gasteiger partial charge is 0.383 e. The summed E-state index contributed by atoms with van der Waals surface area (Å²) in [5.41, 5.74) is 2.39. The van der Waals surface area contributed by atoms with Crippen LogP contribution in [0.25, 0.3) is 0 Å². The van der Waals surface area contributed by atoms with Crippen LogP contribution in [0, 0.1) is 5.92 Å². The van der Waals surface area contributed by atoms with Crippen LogP contribution in [0.5, 0.6) is 0 Å². The number of hydrogen-bond acceptors (Lipinski definition) is 3. The number of methoxy groups -OCH3 is 1. The summed E-state index contributed by atoms with van der Waals surface area (Å²) in [6, 6.07) is 6.42. The number of halogens is 1. The van der Waals surface area contributed by atoms with E-state index in [4.69, 9.17) is 16.3 Å². The highest BCUT2D eigenvalue weighted by atomic mass is 35.5. The number of anilines is 1. The maximum absolute atomic E-state index is 6.40. The van der Waals surface area contributed by atoms with Crippen molar-refractivity contribution in [3.63, 3.8) is 0 Å². The zero-order valence-corrected chi connectivity index (χ0v) is 13.2. The molecule has 1 aromatic rings. The molecular weight excluding hydrogens is 272 g/mol. The molecule has 0 atom stereocenters. The van der Waals surface area contributed by atoms with E-state index in [0.717, 1.165) is 49.3 Å². The van der Waals surface area contributed by atoms with Gasteiger partial charge in [-0.2, -0.15) is 0 Å². The van der Waals surface area contributed by atoms with Crippen LogP contribution < -0.4 is 10.2 Å². The molecule has 1 aliphatic carbocycles. The Morgan fingerprint density at radius 1 is 1.40 bits per heavy atom. The van der Waals surface area contributed by atoms with Crippen LogP contribution in [0.1, 0.15) is 25.3 Å². The molecule has 0 aromatic heterocycles. The van der Waals surface area contributed by atoms with Gasteiger partial charge in [0, 0.05) is 44.0 Å². The summed E-state index contributed by atoms with van der Waals surface area (Å²) in [6.07, 6.45) is 2.76. The van der Waals surface area contributed by atoms with Crippen LogP contribution in [0.3, 0.4) is 0 Å². The van der Waals surface area contributed by atoms with Crippen molar-refractivity contribution in [1.29, 1.82) is 0 Å². The summed E-state index contributed by atoms with van der Waals surface area (Å²) in [6.45, 7) is 6.77. The summed E-state index contributed by atoms with van der Waals surface area (Å²) >= 11 is 6.40. The standard InChI is InChI=1S/C16H25ClN2O/c1-3-19(12-13-4-5-13)15-7-6-14(16(17)10-15)11-18-8-9-20-2/h6-7,10,13,18H,3-5,8-9,11-12H2,1-2H3. The number of rotatable bonds is 9.